The minimum Gasteiger partial charge on any atom is -0.340 e. The van der Waals surface area contributed by atoms with E-state index in [9.17, 15) is 9.59 Å². The standard InChI is InChI=1S/C19H15ClN6O2/c1-26-14-5-3-2-4-13(14)16-18(26)23-17(25-24-16)19(28)21-10-15(27)22-12-8-6-11(20)7-9-12/h2-9H,10H2,1H3,(H,21,28)(H,22,27). The molecular formula is C19H15ClN6O2. The molecule has 2 aromatic carbocycles. The summed E-state index contributed by atoms with van der Waals surface area (Å²) in [5, 5.41) is 14.7. The summed E-state index contributed by atoms with van der Waals surface area (Å²) in [6, 6.07) is 14.4. The van der Waals surface area contributed by atoms with Gasteiger partial charge in [0.2, 0.25) is 11.7 Å². The summed E-state index contributed by atoms with van der Waals surface area (Å²) < 4.78 is 1.85. The van der Waals surface area contributed by atoms with E-state index in [1.165, 1.54) is 0 Å². The molecule has 0 aliphatic rings. The van der Waals surface area contributed by atoms with Crippen LogP contribution >= 0.6 is 11.6 Å². The number of aromatic nitrogens is 4. The van der Waals surface area contributed by atoms with Crippen molar-refractivity contribution in [2.45, 2.75) is 0 Å². The summed E-state index contributed by atoms with van der Waals surface area (Å²) in [6.07, 6.45) is 0. The Kier molecular flexibility index (Phi) is 4.62. The molecule has 4 rings (SSSR count). The predicted molar refractivity (Wildman–Crippen MR) is 106 cm³/mol. The van der Waals surface area contributed by atoms with Gasteiger partial charge in [-0.05, 0) is 30.3 Å². The van der Waals surface area contributed by atoms with Crippen LogP contribution in [0.2, 0.25) is 5.02 Å². The Morgan fingerprint density at radius 1 is 1.07 bits per heavy atom. The van der Waals surface area contributed by atoms with Gasteiger partial charge in [0.15, 0.2) is 5.65 Å². The van der Waals surface area contributed by atoms with Gasteiger partial charge in [0.1, 0.15) is 5.52 Å². The Morgan fingerprint density at radius 2 is 1.82 bits per heavy atom. The van der Waals surface area contributed by atoms with Crippen molar-refractivity contribution in [2.75, 3.05) is 11.9 Å². The Morgan fingerprint density at radius 3 is 2.61 bits per heavy atom. The van der Waals surface area contributed by atoms with E-state index in [0.29, 0.717) is 21.9 Å². The average Bonchev–Trinajstić information content (AvgIpc) is 3.00. The lowest BCUT2D eigenvalue weighted by Crippen LogP contribution is -2.34. The maximum absolute atomic E-state index is 12.3. The highest BCUT2D eigenvalue weighted by atomic mass is 35.5. The number of nitrogens with one attached hydrogen (secondary N) is 2. The van der Waals surface area contributed by atoms with E-state index in [2.05, 4.69) is 25.8 Å². The number of carbonyl (C=O) groups is 2. The van der Waals surface area contributed by atoms with Crippen LogP contribution in [0.3, 0.4) is 0 Å². The quantitative estimate of drug-likeness (QED) is 0.553. The van der Waals surface area contributed by atoms with Crippen LogP contribution in [0.5, 0.6) is 0 Å². The van der Waals surface area contributed by atoms with Gasteiger partial charge in [0.25, 0.3) is 5.91 Å². The third-order valence-corrected chi connectivity index (χ3v) is 4.50. The molecule has 8 nitrogen and oxygen atoms in total. The second-order valence-corrected chi connectivity index (χ2v) is 6.56. The van der Waals surface area contributed by atoms with Gasteiger partial charge in [0.05, 0.1) is 12.1 Å². The van der Waals surface area contributed by atoms with E-state index in [0.717, 1.165) is 10.9 Å². The van der Waals surface area contributed by atoms with Crippen molar-refractivity contribution in [1.82, 2.24) is 25.1 Å². The third-order valence-electron chi connectivity index (χ3n) is 4.25. The normalized spacial score (nSPS) is 10.9. The summed E-state index contributed by atoms with van der Waals surface area (Å²) >= 11 is 5.81. The van der Waals surface area contributed by atoms with Crippen molar-refractivity contribution in [3.05, 3.63) is 59.4 Å². The molecule has 2 N–H and O–H groups in total. The third kappa shape index (κ3) is 3.37. The summed E-state index contributed by atoms with van der Waals surface area (Å²) in [5.41, 5.74) is 2.69. The Bertz CT molecular complexity index is 1200. The van der Waals surface area contributed by atoms with Gasteiger partial charge >= 0.3 is 0 Å². The van der Waals surface area contributed by atoms with Crippen molar-refractivity contribution in [2.24, 2.45) is 7.05 Å². The Hall–Kier alpha value is -3.52. The van der Waals surface area contributed by atoms with Gasteiger partial charge in [-0.2, -0.15) is 0 Å². The second-order valence-electron chi connectivity index (χ2n) is 6.12. The molecule has 2 heterocycles. The lowest BCUT2D eigenvalue weighted by molar-refractivity contribution is -0.115. The first kappa shape index (κ1) is 17.9. The van der Waals surface area contributed by atoms with E-state index < -0.39 is 5.91 Å². The number of halogens is 1. The van der Waals surface area contributed by atoms with Gasteiger partial charge < -0.3 is 15.2 Å². The zero-order chi connectivity index (χ0) is 19.7. The monoisotopic (exact) mass is 394 g/mol. The molecule has 4 aromatic rings. The molecule has 0 saturated heterocycles. The number of fused-ring (bicyclic) bond motifs is 3. The lowest BCUT2D eigenvalue weighted by atomic mass is 10.2. The Balaban J connectivity index is 1.48. The molecule has 2 aromatic heterocycles. The van der Waals surface area contributed by atoms with E-state index in [1.807, 2.05) is 35.9 Å². The highest BCUT2D eigenvalue weighted by Crippen LogP contribution is 2.24. The number of para-hydroxylation sites is 1. The highest BCUT2D eigenvalue weighted by Gasteiger charge is 2.16. The predicted octanol–water partition coefficient (Wildman–Crippen LogP) is 2.54. The molecule has 2 amide bonds. The fourth-order valence-corrected chi connectivity index (χ4v) is 3.01. The van der Waals surface area contributed by atoms with Gasteiger partial charge in [-0.3, -0.25) is 9.59 Å². The second kappa shape index (κ2) is 7.24. The number of benzene rings is 2. The molecule has 0 aliphatic carbocycles. The minimum absolute atomic E-state index is 0.0994. The summed E-state index contributed by atoms with van der Waals surface area (Å²) in [7, 11) is 1.85. The SMILES string of the molecule is Cn1c2ccccc2c2nnc(C(=O)NCC(=O)Nc3ccc(Cl)cc3)nc21. The van der Waals surface area contributed by atoms with Gasteiger partial charge in [-0.1, -0.05) is 29.8 Å². The number of nitrogens with zero attached hydrogens (tertiary/aromatic N) is 4. The number of rotatable bonds is 4. The van der Waals surface area contributed by atoms with E-state index in [-0.39, 0.29) is 18.3 Å². The molecule has 28 heavy (non-hydrogen) atoms. The highest BCUT2D eigenvalue weighted by molar-refractivity contribution is 6.30. The molecule has 0 fully saturated rings. The molecule has 0 radical (unpaired) electrons. The smallest absolute Gasteiger partial charge is 0.291 e. The molecule has 0 saturated carbocycles. The van der Waals surface area contributed by atoms with Crippen LogP contribution < -0.4 is 10.6 Å². The topological polar surface area (TPSA) is 102 Å². The maximum atomic E-state index is 12.3. The first-order valence-corrected chi connectivity index (χ1v) is 8.82. The van der Waals surface area contributed by atoms with Crippen molar-refractivity contribution in [1.29, 1.82) is 0 Å². The van der Waals surface area contributed by atoms with Crippen molar-refractivity contribution in [3.8, 4) is 0 Å². The maximum Gasteiger partial charge on any atom is 0.291 e. The number of anilines is 1. The fourth-order valence-electron chi connectivity index (χ4n) is 2.88. The zero-order valence-electron chi connectivity index (χ0n) is 14.8. The summed E-state index contributed by atoms with van der Waals surface area (Å²) in [4.78, 5) is 28.6. The Labute approximate surface area is 164 Å². The number of hydrogen-bond acceptors (Lipinski definition) is 5. The molecule has 0 aliphatic heterocycles. The zero-order valence-corrected chi connectivity index (χ0v) is 15.6. The molecule has 0 atom stereocenters. The van der Waals surface area contributed by atoms with Crippen LogP contribution in [0, 0.1) is 0 Å². The van der Waals surface area contributed by atoms with Gasteiger partial charge in [-0.25, -0.2) is 4.98 Å². The fraction of sp³-hybridized carbons (Fsp3) is 0.105. The van der Waals surface area contributed by atoms with Crippen LogP contribution in [-0.2, 0) is 11.8 Å². The van der Waals surface area contributed by atoms with E-state index in [4.69, 9.17) is 11.6 Å². The van der Waals surface area contributed by atoms with Crippen LogP contribution in [0.25, 0.3) is 22.1 Å². The van der Waals surface area contributed by atoms with E-state index >= 15 is 0 Å². The van der Waals surface area contributed by atoms with Crippen LogP contribution in [0.4, 0.5) is 5.69 Å². The van der Waals surface area contributed by atoms with Crippen LogP contribution in [0.1, 0.15) is 10.6 Å². The number of aryl methyl sites for hydroxylation is 1. The number of carbonyl (C=O) groups excluding carboxylic acids is 2. The molecular weight excluding hydrogens is 380 g/mol. The average molecular weight is 395 g/mol. The van der Waals surface area contributed by atoms with Crippen molar-refractivity contribution in [3.63, 3.8) is 0 Å². The summed E-state index contributed by atoms with van der Waals surface area (Å²) in [5.74, 6) is -1.06. The van der Waals surface area contributed by atoms with E-state index in [1.54, 1.807) is 24.3 Å². The molecule has 9 heteroatoms. The number of amides is 2. The van der Waals surface area contributed by atoms with Gasteiger partial charge in [-0.15, -0.1) is 10.2 Å². The largest absolute Gasteiger partial charge is 0.340 e. The van der Waals surface area contributed by atoms with Crippen LogP contribution in [-0.4, -0.2) is 38.1 Å². The van der Waals surface area contributed by atoms with Crippen LogP contribution in [0.15, 0.2) is 48.5 Å². The minimum atomic E-state index is -0.578. The molecule has 0 unspecified atom stereocenters. The molecule has 0 spiro atoms. The lowest BCUT2D eigenvalue weighted by Gasteiger charge is -2.06. The van der Waals surface area contributed by atoms with Crippen molar-refractivity contribution < 1.29 is 9.59 Å². The summed E-state index contributed by atoms with van der Waals surface area (Å²) in [6.45, 7) is -0.224. The van der Waals surface area contributed by atoms with Gasteiger partial charge in [0, 0.05) is 23.1 Å². The van der Waals surface area contributed by atoms with Crippen molar-refractivity contribution >= 4 is 51.2 Å². The first-order valence-electron chi connectivity index (χ1n) is 8.44. The first-order chi connectivity index (χ1) is 13.5. The molecule has 0 bridgehead atoms. The number of hydrogen-bond donors (Lipinski definition) is 2. The molecule has 140 valence electrons.